The summed E-state index contributed by atoms with van der Waals surface area (Å²) in [4.78, 5) is 25.0. The average Bonchev–Trinajstić information content (AvgIpc) is 2.89. The second-order valence-electron chi connectivity index (χ2n) is 11.6. The molecule has 0 saturated heterocycles. The van der Waals surface area contributed by atoms with E-state index < -0.39 is 19.9 Å². The Labute approximate surface area is 198 Å². The van der Waals surface area contributed by atoms with E-state index in [-0.39, 0.29) is 27.7 Å². The quantitative estimate of drug-likeness (QED) is 0.188. The number of benzene rings is 2. The first-order chi connectivity index (χ1) is 15.2. The molecule has 0 heterocycles. The van der Waals surface area contributed by atoms with Crippen molar-refractivity contribution in [1.29, 1.82) is 0 Å². The number of ether oxygens (including phenoxy) is 1. The van der Waals surface area contributed by atoms with Crippen molar-refractivity contribution in [1.82, 2.24) is 0 Å². The number of halogens is 1. The van der Waals surface area contributed by atoms with Gasteiger partial charge in [-0.05, 0) is 64.8 Å². The van der Waals surface area contributed by atoms with Gasteiger partial charge in [0.1, 0.15) is 5.82 Å². The van der Waals surface area contributed by atoms with E-state index in [9.17, 15) is 14.0 Å². The number of rotatable bonds is 7. The topological polar surface area (TPSA) is 43.4 Å². The largest absolute Gasteiger partial charge is 0.462 e. The van der Waals surface area contributed by atoms with Crippen molar-refractivity contribution in [3.8, 4) is 0 Å². The number of esters is 1. The molecule has 3 nitrogen and oxygen atoms in total. The molecule has 1 aliphatic carbocycles. The molecule has 2 aromatic carbocycles. The summed E-state index contributed by atoms with van der Waals surface area (Å²) in [6, 6.07) is 10.9. The predicted molar refractivity (Wildman–Crippen MR) is 135 cm³/mol. The third kappa shape index (κ3) is 5.88. The Morgan fingerprint density at radius 2 is 1.61 bits per heavy atom. The summed E-state index contributed by atoms with van der Waals surface area (Å²) >= 11 is 0. The van der Waals surface area contributed by atoms with Gasteiger partial charge in [-0.15, -0.1) is 0 Å². The van der Waals surface area contributed by atoms with Crippen LogP contribution < -0.4 is 0 Å². The van der Waals surface area contributed by atoms with Gasteiger partial charge < -0.3 is 4.74 Å². The summed E-state index contributed by atoms with van der Waals surface area (Å²) in [5, 5.41) is 0. The zero-order valence-corrected chi connectivity index (χ0v) is 21.8. The van der Waals surface area contributed by atoms with E-state index in [1.807, 2.05) is 18.2 Å². The van der Waals surface area contributed by atoms with Crippen molar-refractivity contribution < 1.29 is 18.7 Å². The van der Waals surface area contributed by atoms with Gasteiger partial charge in [0.05, 0.1) is 12.2 Å². The Morgan fingerprint density at radius 3 is 2.24 bits per heavy atom. The van der Waals surface area contributed by atoms with E-state index in [2.05, 4.69) is 47.3 Å². The number of hydrogen-bond acceptors (Lipinski definition) is 3. The second-order valence-corrected chi connectivity index (χ2v) is 17.2. The van der Waals surface area contributed by atoms with Gasteiger partial charge in [-0.1, -0.05) is 65.5 Å². The third-order valence-electron chi connectivity index (χ3n) is 6.38. The van der Waals surface area contributed by atoms with Gasteiger partial charge >= 0.3 is 5.97 Å². The first-order valence-electron chi connectivity index (χ1n) is 11.5. The minimum atomic E-state index is -1.31. The zero-order chi connectivity index (χ0) is 24.6. The highest BCUT2D eigenvalue weighted by Crippen LogP contribution is 2.49. The highest BCUT2D eigenvalue weighted by atomic mass is 28.3. The van der Waals surface area contributed by atoms with Crippen molar-refractivity contribution in [2.75, 3.05) is 6.61 Å². The minimum Gasteiger partial charge on any atom is -0.462 e. The standard InChI is InChI=1S/C28H35FO3Si/c1-27(2)18-28(3,4)23-16-20(10-12-22(23)27)25(30)13-11-19-8-9-21(17-24(19)29)26(31)32-14-15-33(5,6)7/h8-13,16-17H,14-15,18H2,1-7H3. The molecular weight excluding hydrogens is 431 g/mol. The molecule has 3 rings (SSSR count). The summed E-state index contributed by atoms with van der Waals surface area (Å²) in [6.45, 7) is 15.8. The van der Waals surface area contributed by atoms with Crippen molar-refractivity contribution in [2.24, 2.45) is 0 Å². The lowest BCUT2D eigenvalue weighted by atomic mass is 9.82. The highest BCUT2D eigenvalue weighted by Gasteiger charge is 2.41. The monoisotopic (exact) mass is 466 g/mol. The second kappa shape index (κ2) is 9.01. The maximum absolute atomic E-state index is 14.6. The minimum absolute atomic E-state index is 0.00442. The Kier molecular flexibility index (Phi) is 6.86. The summed E-state index contributed by atoms with van der Waals surface area (Å²) in [5.74, 6) is -1.26. The number of hydrogen-bond donors (Lipinski definition) is 0. The molecular formula is C28H35FO3Si. The van der Waals surface area contributed by atoms with Crippen LogP contribution in [0.1, 0.15) is 71.5 Å². The molecule has 0 unspecified atom stereocenters. The molecule has 0 radical (unpaired) electrons. The smallest absolute Gasteiger partial charge is 0.338 e. The van der Waals surface area contributed by atoms with E-state index >= 15 is 0 Å². The molecule has 1 aliphatic rings. The lowest BCUT2D eigenvalue weighted by molar-refractivity contribution is 0.0524. The molecule has 0 fully saturated rings. The Hall–Kier alpha value is -2.53. The van der Waals surface area contributed by atoms with Gasteiger partial charge in [0, 0.05) is 19.2 Å². The van der Waals surface area contributed by atoms with Crippen LogP contribution in [0.4, 0.5) is 4.39 Å². The Bertz CT molecular complexity index is 1110. The fourth-order valence-electron chi connectivity index (χ4n) is 4.73. The molecule has 0 spiro atoms. The third-order valence-corrected chi connectivity index (χ3v) is 8.09. The van der Waals surface area contributed by atoms with Crippen LogP contribution in [0.5, 0.6) is 0 Å². The van der Waals surface area contributed by atoms with Crippen LogP contribution in [0.3, 0.4) is 0 Å². The SMILES string of the molecule is CC1(C)CC(C)(C)c2cc(C(=O)C=Cc3ccc(C(=O)OCC[Si](C)(C)C)cc3F)ccc21. The molecule has 0 amide bonds. The Morgan fingerprint density at radius 1 is 0.970 bits per heavy atom. The van der Waals surface area contributed by atoms with Crippen molar-refractivity contribution in [3.05, 3.63) is 76.1 Å². The summed E-state index contributed by atoms with van der Waals surface area (Å²) < 4.78 is 19.9. The average molecular weight is 467 g/mol. The number of carbonyl (C=O) groups excluding carboxylic acids is 2. The lowest BCUT2D eigenvalue weighted by Crippen LogP contribution is -2.22. The van der Waals surface area contributed by atoms with Gasteiger partial charge in [0.2, 0.25) is 0 Å². The zero-order valence-electron chi connectivity index (χ0n) is 20.8. The van der Waals surface area contributed by atoms with Crippen LogP contribution >= 0.6 is 0 Å². The van der Waals surface area contributed by atoms with Crippen molar-refractivity contribution in [3.63, 3.8) is 0 Å². The fourth-order valence-corrected chi connectivity index (χ4v) is 5.44. The maximum atomic E-state index is 14.6. The van der Waals surface area contributed by atoms with Crippen molar-refractivity contribution in [2.45, 2.75) is 70.6 Å². The number of allylic oxidation sites excluding steroid dienone is 1. The molecule has 0 aromatic heterocycles. The molecule has 176 valence electrons. The normalized spacial score (nSPS) is 16.6. The molecule has 2 aromatic rings. The number of carbonyl (C=O) groups is 2. The maximum Gasteiger partial charge on any atom is 0.338 e. The van der Waals surface area contributed by atoms with Crippen LogP contribution in [0.25, 0.3) is 6.08 Å². The Balaban J connectivity index is 1.71. The van der Waals surface area contributed by atoms with E-state index in [1.165, 1.54) is 41.5 Å². The van der Waals surface area contributed by atoms with Gasteiger partial charge in [-0.25, -0.2) is 9.18 Å². The van der Waals surface area contributed by atoms with Gasteiger partial charge in [-0.2, -0.15) is 0 Å². The van der Waals surface area contributed by atoms with Crippen LogP contribution in [0.15, 0.2) is 42.5 Å². The van der Waals surface area contributed by atoms with Crippen LogP contribution in [0.2, 0.25) is 25.7 Å². The van der Waals surface area contributed by atoms with Crippen LogP contribution in [-0.2, 0) is 15.6 Å². The molecule has 0 bridgehead atoms. The molecule has 0 aliphatic heterocycles. The lowest BCUT2D eigenvalue weighted by Gasteiger charge is -2.22. The van der Waals surface area contributed by atoms with Crippen LogP contribution in [-0.4, -0.2) is 26.4 Å². The molecule has 5 heteroatoms. The van der Waals surface area contributed by atoms with Crippen LogP contribution in [0, 0.1) is 5.82 Å². The van der Waals surface area contributed by atoms with Gasteiger partial charge in [0.25, 0.3) is 0 Å². The first kappa shape index (κ1) is 25.1. The molecule has 0 N–H and O–H groups in total. The molecule has 33 heavy (non-hydrogen) atoms. The van der Waals surface area contributed by atoms with E-state index in [4.69, 9.17) is 4.74 Å². The highest BCUT2D eigenvalue weighted by molar-refractivity contribution is 6.76. The predicted octanol–water partition coefficient (Wildman–Crippen LogP) is 7.18. The van der Waals surface area contributed by atoms with E-state index in [1.54, 1.807) is 0 Å². The van der Waals surface area contributed by atoms with E-state index in [0.717, 1.165) is 12.5 Å². The van der Waals surface area contributed by atoms with Gasteiger partial charge in [0.15, 0.2) is 5.78 Å². The fraction of sp³-hybridized carbons (Fsp3) is 0.429. The molecule has 0 saturated carbocycles. The molecule has 0 atom stereocenters. The summed E-state index contributed by atoms with van der Waals surface area (Å²) in [5.41, 5.74) is 3.60. The number of ketones is 1. The van der Waals surface area contributed by atoms with Gasteiger partial charge in [-0.3, -0.25) is 4.79 Å². The summed E-state index contributed by atoms with van der Waals surface area (Å²) in [6.07, 6.45) is 3.88. The van der Waals surface area contributed by atoms with Crippen molar-refractivity contribution >= 4 is 25.9 Å². The first-order valence-corrected chi connectivity index (χ1v) is 15.2. The summed E-state index contributed by atoms with van der Waals surface area (Å²) in [7, 11) is -1.31. The number of fused-ring (bicyclic) bond motifs is 1. The van der Waals surface area contributed by atoms with E-state index in [0.29, 0.717) is 12.2 Å².